The van der Waals surface area contributed by atoms with Gasteiger partial charge in [-0.25, -0.2) is 0 Å². The lowest BCUT2D eigenvalue weighted by Gasteiger charge is -2.41. The quantitative estimate of drug-likeness (QED) is 0.790. The third kappa shape index (κ3) is 4.37. The molecule has 1 saturated carbocycles. The molecule has 0 spiro atoms. The van der Waals surface area contributed by atoms with E-state index in [1.54, 1.807) is 0 Å². The molecule has 1 amide bonds. The summed E-state index contributed by atoms with van der Waals surface area (Å²) >= 11 is 0. The maximum Gasteiger partial charge on any atom is 0.225 e. The van der Waals surface area contributed by atoms with Gasteiger partial charge >= 0.3 is 0 Å². The van der Waals surface area contributed by atoms with Gasteiger partial charge in [0.15, 0.2) is 0 Å². The Morgan fingerprint density at radius 3 is 2.92 bits per heavy atom. The summed E-state index contributed by atoms with van der Waals surface area (Å²) in [7, 11) is 0. The van der Waals surface area contributed by atoms with Crippen LogP contribution in [0.25, 0.3) is 0 Å². The van der Waals surface area contributed by atoms with Crippen molar-refractivity contribution in [2.75, 3.05) is 31.6 Å². The lowest BCUT2D eigenvalue weighted by Crippen LogP contribution is -2.42. The van der Waals surface area contributed by atoms with E-state index in [-0.39, 0.29) is 5.91 Å². The first-order valence-electron chi connectivity index (χ1n) is 10.4. The summed E-state index contributed by atoms with van der Waals surface area (Å²) in [6, 6.07) is 3.94. The number of pyridine rings is 1. The number of likely N-dealkylation sites (tertiary alicyclic amines) is 1. The van der Waals surface area contributed by atoms with Crippen LogP contribution in [0, 0.1) is 11.8 Å². The highest BCUT2D eigenvalue weighted by molar-refractivity contribution is 5.92. The minimum Gasteiger partial charge on any atom is -0.478 e. The number of ether oxygens (including phenoxy) is 1. The van der Waals surface area contributed by atoms with E-state index in [1.807, 2.05) is 12.1 Å². The molecule has 0 radical (unpaired) electrons. The normalized spacial score (nSPS) is 25.9. The Morgan fingerprint density at radius 2 is 2.00 bits per heavy atom. The van der Waals surface area contributed by atoms with Crippen LogP contribution in [0.5, 0.6) is 5.88 Å². The third-order valence-corrected chi connectivity index (χ3v) is 6.33. The summed E-state index contributed by atoms with van der Waals surface area (Å²) < 4.78 is 5.80. The summed E-state index contributed by atoms with van der Waals surface area (Å²) in [5, 5.41) is 2.83. The van der Waals surface area contributed by atoms with Gasteiger partial charge in [0, 0.05) is 19.0 Å². The van der Waals surface area contributed by atoms with Crippen molar-refractivity contribution in [2.24, 2.45) is 11.8 Å². The van der Waals surface area contributed by atoms with Crippen LogP contribution in [-0.2, 0) is 11.2 Å². The summed E-state index contributed by atoms with van der Waals surface area (Å²) in [5.41, 5.74) is 1.10. The molecule has 3 heterocycles. The van der Waals surface area contributed by atoms with E-state index in [9.17, 15) is 4.79 Å². The lowest BCUT2D eigenvalue weighted by molar-refractivity contribution is -0.116. The van der Waals surface area contributed by atoms with Crippen LogP contribution in [0.15, 0.2) is 12.1 Å². The average Bonchev–Trinajstić information content (AvgIpc) is 2.67. The second-order valence-corrected chi connectivity index (χ2v) is 8.15. The standard InChI is InChI=1S/C21H31N3O2/c25-19-9-7-17-8-10-20(23-21(17)22-19)26-14-4-3-12-24-13-11-16-5-1-2-6-18(16)15-24/h8,10,16,18H,1-7,9,11-15H2,(H,22,23,25). The number of nitrogens with one attached hydrogen (secondary N) is 1. The van der Waals surface area contributed by atoms with Crippen LogP contribution >= 0.6 is 0 Å². The van der Waals surface area contributed by atoms with Crippen LogP contribution in [0.3, 0.4) is 0 Å². The van der Waals surface area contributed by atoms with Crippen LogP contribution < -0.4 is 10.1 Å². The van der Waals surface area contributed by atoms with Crippen LogP contribution in [0.2, 0.25) is 0 Å². The van der Waals surface area contributed by atoms with Gasteiger partial charge in [-0.15, -0.1) is 0 Å². The van der Waals surface area contributed by atoms with Crippen molar-refractivity contribution in [3.63, 3.8) is 0 Å². The molecule has 2 aliphatic heterocycles. The Morgan fingerprint density at radius 1 is 1.12 bits per heavy atom. The zero-order valence-corrected chi connectivity index (χ0v) is 15.7. The number of amides is 1. The van der Waals surface area contributed by atoms with Gasteiger partial charge in [-0.2, -0.15) is 4.98 Å². The van der Waals surface area contributed by atoms with E-state index in [0.717, 1.165) is 30.2 Å². The molecule has 2 fully saturated rings. The number of piperidine rings is 1. The highest BCUT2D eigenvalue weighted by Gasteiger charge is 2.30. The Labute approximate surface area is 156 Å². The molecule has 1 aromatic heterocycles. The molecule has 0 aromatic carbocycles. The number of anilines is 1. The minimum absolute atomic E-state index is 0.0453. The largest absolute Gasteiger partial charge is 0.478 e. The molecule has 3 aliphatic rings. The second-order valence-electron chi connectivity index (χ2n) is 8.15. The molecule has 1 aliphatic carbocycles. The number of nitrogens with zero attached hydrogens (tertiary/aromatic N) is 2. The van der Waals surface area contributed by atoms with Gasteiger partial charge < -0.3 is 15.0 Å². The van der Waals surface area contributed by atoms with Crippen LogP contribution in [0.4, 0.5) is 5.82 Å². The van der Waals surface area contributed by atoms with E-state index in [4.69, 9.17) is 4.74 Å². The van der Waals surface area contributed by atoms with E-state index in [2.05, 4.69) is 15.2 Å². The Hall–Kier alpha value is -1.62. The molecule has 0 bridgehead atoms. The first-order valence-corrected chi connectivity index (χ1v) is 10.4. The summed E-state index contributed by atoms with van der Waals surface area (Å²) in [6.07, 6.45) is 10.8. The Bertz CT molecular complexity index is 634. The summed E-state index contributed by atoms with van der Waals surface area (Å²) in [5.74, 6) is 3.31. The van der Waals surface area contributed by atoms with Crippen molar-refractivity contribution in [1.82, 2.24) is 9.88 Å². The number of unbranched alkanes of at least 4 members (excludes halogenated alkanes) is 1. The van der Waals surface area contributed by atoms with Gasteiger partial charge in [0.25, 0.3) is 0 Å². The maximum absolute atomic E-state index is 11.5. The third-order valence-electron chi connectivity index (χ3n) is 6.33. The summed E-state index contributed by atoms with van der Waals surface area (Å²) in [6.45, 7) is 4.49. The fourth-order valence-electron chi connectivity index (χ4n) is 4.80. The summed E-state index contributed by atoms with van der Waals surface area (Å²) in [4.78, 5) is 18.6. The lowest BCUT2D eigenvalue weighted by atomic mass is 9.75. The molecular weight excluding hydrogens is 326 g/mol. The van der Waals surface area contributed by atoms with E-state index in [1.165, 1.54) is 58.2 Å². The number of carbonyl (C=O) groups excluding carboxylic acids is 1. The van der Waals surface area contributed by atoms with Crippen LogP contribution in [0.1, 0.15) is 56.9 Å². The van der Waals surface area contributed by atoms with Crippen molar-refractivity contribution in [1.29, 1.82) is 0 Å². The first-order chi connectivity index (χ1) is 12.8. The molecule has 1 aromatic rings. The van der Waals surface area contributed by atoms with Gasteiger partial charge in [-0.1, -0.05) is 19.3 Å². The fourth-order valence-corrected chi connectivity index (χ4v) is 4.80. The van der Waals surface area contributed by atoms with Gasteiger partial charge in [0.2, 0.25) is 11.8 Å². The average molecular weight is 357 g/mol. The van der Waals surface area contributed by atoms with E-state index >= 15 is 0 Å². The topological polar surface area (TPSA) is 54.5 Å². The SMILES string of the molecule is O=C1CCc2ccc(OCCCCN3CCC4CCCCC4C3)nc2N1. The number of aromatic nitrogens is 1. The van der Waals surface area contributed by atoms with Crippen molar-refractivity contribution in [3.8, 4) is 5.88 Å². The number of hydrogen-bond acceptors (Lipinski definition) is 4. The van der Waals surface area contributed by atoms with Gasteiger partial charge in [-0.05, 0) is 68.7 Å². The molecule has 2 atom stereocenters. The predicted octanol–water partition coefficient (Wildman–Crippen LogP) is 3.64. The van der Waals surface area contributed by atoms with Crippen LogP contribution in [-0.4, -0.2) is 42.0 Å². The molecule has 142 valence electrons. The molecule has 1 N–H and O–H groups in total. The van der Waals surface area contributed by atoms with Crippen molar-refractivity contribution < 1.29 is 9.53 Å². The van der Waals surface area contributed by atoms with Gasteiger partial charge in [-0.3, -0.25) is 4.79 Å². The Kier molecular flexibility index (Phi) is 5.73. The molecular formula is C21H31N3O2. The van der Waals surface area contributed by atoms with Crippen molar-refractivity contribution in [2.45, 2.75) is 57.8 Å². The van der Waals surface area contributed by atoms with Crippen molar-refractivity contribution >= 4 is 11.7 Å². The minimum atomic E-state index is 0.0453. The zero-order chi connectivity index (χ0) is 17.8. The second kappa shape index (κ2) is 8.38. The molecule has 1 saturated heterocycles. The number of fused-ring (bicyclic) bond motifs is 2. The highest BCUT2D eigenvalue weighted by atomic mass is 16.5. The Balaban J connectivity index is 1.16. The van der Waals surface area contributed by atoms with Gasteiger partial charge in [0.1, 0.15) is 5.82 Å². The monoisotopic (exact) mass is 357 g/mol. The molecule has 5 nitrogen and oxygen atoms in total. The smallest absolute Gasteiger partial charge is 0.225 e. The van der Waals surface area contributed by atoms with E-state index in [0.29, 0.717) is 24.7 Å². The highest BCUT2D eigenvalue weighted by Crippen LogP contribution is 2.36. The molecule has 2 unspecified atom stereocenters. The molecule has 5 heteroatoms. The fraction of sp³-hybridized carbons (Fsp3) is 0.714. The number of rotatable bonds is 6. The predicted molar refractivity (Wildman–Crippen MR) is 102 cm³/mol. The van der Waals surface area contributed by atoms with Gasteiger partial charge in [0.05, 0.1) is 6.61 Å². The number of hydrogen-bond donors (Lipinski definition) is 1. The van der Waals surface area contributed by atoms with E-state index < -0.39 is 0 Å². The number of carbonyl (C=O) groups is 1. The first kappa shape index (κ1) is 17.8. The maximum atomic E-state index is 11.5. The molecule has 4 rings (SSSR count). The van der Waals surface area contributed by atoms with Crippen molar-refractivity contribution in [3.05, 3.63) is 17.7 Å². The zero-order valence-electron chi connectivity index (χ0n) is 15.7. The molecule has 26 heavy (non-hydrogen) atoms. The number of aryl methyl sites for hydroxylation is 1.